The Morgan fingerprint density at radius 2 is 2.18 bits per heavy atom. The van der Waals surface area contributed by atoms with Crippen molar-refractivity contribution in [2.24, 2.45) is 0 Å². The molecular formula is C18H23N3O. The normalized spacial score (nSPS) is 20.1. The van der Waals surface area contributed by atoms with Gasteiger partial charge in [-0.2, -0.15) is 5.26 Å². The van der Waals surface area contributed by atoms with Crippen molar-refractivity contribution in [1.29, 1.82) is 5.26 Å². The Balaban J connectivity index is 2.45. The number of carbonyl (C=O) groups excluding carboxylic acids is 1. The van der Waals surface area contributed by atoms with Crippen molar-refractivity contribution in [1.82, 2.24) is 5.32 Å². The lowest BCUT2D eigenvalue weighted by atomic mass is 9.80. The molecule has 4 nitrogen and oxygen atoms in total. The Morgan fingerprint density at radius 3 is 2.77 bits per heavy atom. The second-order valence-corrected chi connectivity index (χ2v) is 6.54. The molecule has 1 aliphatic heterocycles. The van der Waals surface area contributed by atoms with Gasteiger partial charge < -0.3 is 10.2 Å². The van der Waals surface area contributed by atoms with Crippen LogP contribution in [0.15, 0.2) is 23.8 Å². The zero-order valence-electron chi connectivity index (χ0n) is 13.9. The van der Waals surface area contributed by atoms with E-state index < -0.39 is 0 Å². The maximum atomic E-state index is 11.6. The van der Waals surface area contributed by atoms with Gasteiger partial charge in [-0.1, -0.05) is 13.0 Å². The minimum atomic E-state index is -0.355. The molecule has 1 aromatic carbocycles. The standard InChI is InChI=1S/C18H23N3O/c1-12-10-18(2,3)21(5)16-7-6-13(9-15(12)16)8-14(11-19)17(22)20-4/h6-9,12H,10H2,1-5H3,(H,20,22)/b14-8-/t12-/m1/s1. The van der Waals surface area contributed by atoms with E-state index in [1.54, 1.807) is 6.08 Å². The minimum Gasteiger partial charge on any atom is -0.369 e. The van der Waals surface area contributed by atoms with Crippen molar-refractivity contribution in [3.8, 4) is 6.07 Å². The summed E-state index contributed by atoms with van der Waals surface area (Å²) in [6.07, 6.45) is 2.72. The quantitative estimate of drug-likeness (QED) is 0.674. The molecule has 0 aromatic heterocycles. The molecule has 0 saturated carbocycles. The van der Waals surface area contributed by atoms with E-state index in [0.717, 1.165) is 12.0 Å². The molecule has 116 valence electrons. The molecule has 0 spiro atoms. The van der Waals surface area contributed by atoms with E-state index in [1.165, 1.54) is 18.3 Å². The highest BCUT2D eigenvalue weighted by Gasteiger charge is 2.33. The summed E-state index contributed by atoms with van der Waals surface area (Å²) in [4.78, 5) is 13.9. The molecule has 0 saturated heterocycles. The summed E-state index contributed by atoms with van der Waals surface area (Å²) in [5.74, 6) is 0.0895. The van der Waals surface area contributed by atoms with Gasteiger partial charge in [0.15, 0.2) is 0 Å². The lowest BCUT2D eigenvalue weighted by Crippen LogP contribution is -2.45. The number of carbonyl (C=O) groups is 1. The maximum Gasteiger partial charge on any atom is 0.261 e. The van der Waals surface area contributed by atoms with Gasteiger partial charge in [0.25, 0.3) is 5.91 Å². The molecule has 0 fully saturated rings. The number of hydrogen-bond donors (Lipinski definition) is 1. The van der Waals surface area contributed by atoms with Gasteiger partial charge in [-0.3, -0.25) is 4.79 Å². The van der Waals surface area contributed by atoms with Crippen LogP contribution in [0.3, 0.4) is 0 Å². The molecule has 1 heterocycles. The van der Waals surface area contributed by atoms with Crippen LogP contribution < -0.4 is 10.2 Å². The summed E-state index contributed by atoms with van der Waals surface area (Å²) in [6, 6.07) is 8.09. The average molecular weight is 297 g/mol. The highest BCUT2D eigenvalue weighted by Crippen LogP contribution is 2.42. The number of nitrogens with one attached hydrogen (secondary N) is 1. The number of nitriles is 1. The molecule has 0 aliphatic carbocycles. The number of hydrogen-bond acceptors (Lipinski definition) is 3. The fourth-order valence-corrected chi connectivity index (χ4v) is 3.14. The number of amides is 1. The summed E-state index contributed by atoms with van der Waals surface area (Å²) >= 11 is 0. The Kier molecular flexibility index (Phi) is 4.27. The second-order valence-electron chi connectivity index (χ2n) is 6.54. The summed E-state index contributed by atoms with van der Waals surface area (Å²) < 4.78 is 0. The van der Waals surface area contributed by atoms with Crippen LogP contribution in [0.25, 0.3) is 6.08 Å². The first-order valence-corrected chi connectivity index (χ1v) is 7.52. The number of nitrogens with zero attached hydrogens (tertiary/aromatic N) is 2. The first-order chi connectivity index (χ1) is 10.3. The highest BCUT2D eigenvalue weighted by atomic mass is 16.1. The smallest absolute Gasteiger partial charge is 0.261 e. The number of fused-ring (bicyclic) bond motifs is 1. The third-order valence-electron chi connectivity index (χ3n) is 4.56. The van der Waals surface area contributed by atoms with E-state index in [-0.39, 0.29) is 17.0 Å². The average Bonchev–Trinajstić information content (AvgIpc) is 2.49. The van der Waals surface area contributed by atoms with Crippen molar-refractivity contribution in [3.63, 3.8) is 0 Å². The molecule has 0 radical (unpaired) electrons. The van der Waals surface area contributed by atoms with Crippen molar-refractivity contribution in [2.45, 2.75) is 38.6 Å². The van der Waals surface area contributed by atoms with Crippen molar-refractivity contribution in [2.75, 3.05) is 19.0 Å². The Bertz CT molecular complexity index is 667. The van der Waals surface area contributed by atoms with Gasteiger partial charge in [0.2, 0.25) is 0 Å². The molecule has 1 N–H and O–H groups in total. The van der Waals surface area contributed by atoms with Gasteiger partial charge in [-0.05, 0) is 55.5 Å². The van der Waals surface area contributed by atoms with E-state index in [0.29, 0.717) is 5.92 Å². The van der Waals surface area contributed by atoms with E-state index in [1.807, 2.05) is 12.1 Å². The Hall–Kier alpha value is -2.28. The number of likely N-dealkylation sites (N-methyl/N-ethyl adjacent to an activating group) is 1. The molecular weight excluding hydrogens is 274 g/mol. The first kappa shape index (κ1) is 16.1. The van der Waals surface area contributed by atoms with Crippen LogP contribution in [0.5, 0.6) is 0 Å². The maximum absolute atomic E-state index is 11.6. The van der Waals surface area contributed by atoms with Gasteiger partial charge in [0.05, 0.1) is 0 Å². The van der Waals surface area contributed by atoms with Gasteiger partial charge in [0, 0.05) is 25.3 Å². The lowest BCUT2D eigenvalue weighted by molar-refractivity contribution is -0.116. The van der Waals surface area contributed by atoms with Crippen LogP contribution in [-0.4, -0.2) is 25.5 Å². The van der Waals surface area contributed by atoms with Crippen LogP contribution in [-0.2, 0) is 4.79 Å². The zero-order chi connectivity index (χ0) is 16.5. The van der Waals surface area contributed by atoms with Gasteiger partial charge in [-0.25, -0.2) is 0 Å². The second kappa shape index (κ2) is 5.84. The Morgan fingerprint density at radius 1 is 1.50 bits per heavy atom. The van der Waals surface area contributed by atoms with E-state index >= 15 is 0 Å². The Labute approximate surface area is 132 Å². The van der Waals surface area contributed by atoms with Gasteiger partial charge >= 0.3 is 0 Å². The van der Waals surface area contributed by atoms with Crippen LogP contribution in [0.2, 0.25) is 0 Å². The van der Waals surface area contributed by atoms with Crippen LogP contribution in [0, 0.1) is 11.3 Å². The van der Waals surface area contributed by atoms with Crippen LogP contribution in [0.4, 0.5) is 5.69 Å². The molecule has 2 rings (SSSR count). The van der Waals surface area contributed by atoms with Gasteiger partial charge in [-0.15, -0.1) is 0 Å². The molecule has 4 heteroatoms. The minimum absolute atomic E-state index is 0.125. The number of anilines is 1. The third-order valence-corrected chi connectivity index (χ3v) is 4.56. The zero-order valence-corrected chi connectivity index (χ0v) is 13.9. The monoisotopic (exact) mass is 297 g/mol. The SMILES string of the molecule is CNC(=O)/C(C#N)=C\c1ccc2c(c1)[C@H](C)CC(C)(C)N2C. The molecule has 1 aromatic rings. The summed E-state index contributed by atoms with van der Waals surface area (Å²) in [5.41, 5.74) is 3.63. The molecule has 1 amide bonds. The first-order valence-electron chi connectivity index (χ1n) is 7.52. The molecule has 0 unspecified atom stereocenters. The lowest BCUT2D eigenvalue weighted by Gasteiger charge is -2.45. The van der Waals surface area contributed by atoms with Crippen molar-refractivity contribution in [3.05, 3.63) is 34.9 Å². The van der Waals surface area contributed by atoms with Gasteiger partial charge in [0.1, 0.15) is 11.6 Å². The van der Waals surface area contributed by atoms with Crippen LogP contribution in [0.1, 0.15) is 44.2 Å². The van der Waals surface area contributed by atoms with Crippen molar-refractivity contribution < 1.29 is 4.79 Å². The molecule has 1 atom stereocenters. The fraction of sp³-hybridized carbons (Fsp3) is 0.444. The predicted molar refractivity (Wildman–Crippen MR) is 89.6 cm³/mol. The number of benzene rings is 1. The number of rotatable bonds is 2. The van der Waals surface area contributed by atoms with E-state index in [9.17, 15) is 4.79 Å². The topological polar surface area (TPSA) is 56.1 Å². The molecule has 1 aliphatic rings. The molecule has 0 bridgehead atoms. The summed E-state index contributed by atoms with van der Waals surface area (Å²) in [7, 11) is 3.64. The highest BCUT2D eigenvalue weighted by molar-refractivity contribution is 6.01. The fourth-order valence-electron chi connectivity index (χ4n) is 3.14. The summed E-state index contributed by atoms with van der Waals surface area (Å²) in [5, 5.41) is 11.6. The summed E-state index contributed by atoms with van der Waals surface area (Å²) in [6.45, 7) is 6.73. The largest absolute Gasteiger partial charge is 0.369 e. The van der Waals surface area contributed by atoms with Crippen LogP contribution >= 0.6 is 0 Å². The predicted octanol–water partition coefficient (Wildman–Crippen LogP) is 3.06. The van der Waals surface area contributed by atoms with E-state index in [2.05, 4.69) is 50.2 Å². The van der Waals surface area contributed by atoms with E-state index in [4.69, 9.17) is 5.26 Å². The molecule has 22 heavy (non-hydrogen) atoms. The third kappa shape index (κ3) is 2.85. The van der Waals surface area contributed by atoms with Crippen molar-refractivity contribution >= 4 is 17.7 Å².